The molecule has 6 rings (SSSR count). The summed E-state index contributed by atoms with van der Waals surface area (Å²) in [6.45, 7) is 7.80. The van der Waals surface area contributed by atoms with Crippen LogP contribution in [-0.2, 0) is 16.7 Å². The number of aromatic nitrogens is 2. The highest BCUT2D eigenvalue weighted by Gasteiger charge is 2.42. The highest BCUT2D eigenvalue weighted by Crippen LogP contribution is 2.40. The number of amides is 1. The Labute approximate surface area is 285 Å². The van der Waals surface area contributed by atoms with Gasteiger partial charge in [0.2, 0.25) is 5.95 Å². The third-order valence-electron chi connectivity index (χ3n) is 9.89. The Morgan fingerprint density at radius 3 is 2.49 bits per heavy atom. The third kappa shape index (κ3) is 8.13. The molecule has 262 valence electrons. The molecule has 0 aliphatic carbocycles. The van der Waals surface area contributed by atoms with Crippen LogP contribution in [-0.4, -0.2) is 90.6 Å². The summed E-state index contributed by atoms with van der Waals surface area (Å²) < 4.78 is 52.4. The van der Waals surface area contributed by atoms with Crippen LogP contribution in [0.2, 0.25) is 0 Å². The number of piperidine rings is 1. The second kappa shape index (κ2) is 15.1. The van der Waals surface area contributed by atoms with Crippen LogP contribution in [0.1, 0.15) is 48.5 Å². The molecule has 12 heteroatoms. The summed E-state index contributed by atoms with van der Waals surface area (Å²) in [5.74, 6) is 0.797. The molecule has 2 aliphatic heterocycles. The maximum absolute atomic E-state index is 13.8. The van der Waals surface area contributed by atoms with Crippen molar-refractivity contribution in [2.45, 2.75) is 56.9 Å². The lowest BCUT2D eigenvalue weighted by Gasteiger charge is -2.36. The van der Waals surface area contributed by atoms with Crippen LogP contribution >= 0.6 is 0 Å². The Balaban J connectivity index is 1.11. The average Bonchev–Trinajstić information content (AvgIpc) is 3.70. The lowest BCUT2D eigenvalue weighted by atomic mass is 9.76. The Hall–Kier alpha value is -4.29. The zero-order valence-electron chi connectivity index (χ0n) is 28.1. The van der Waals surface area contributed by atoms with Crippen LogP contribution in [0.5, 0.6) is 5.75 Å². The molecule has 2 saturated heterocycles. The molecule has 3 aromatic carbocycles. The fourth-order valence-corrected chi connectivity index (χ4v) is 7.28. The van der Waals surface area contributed by atoms with E-state index in [9.17, 15) is 18.0 Å². The summed E-state index contributed by atoms with van der Waals surface area (Å²) >= 11 is 0. The van der Waals surface area contributed by atoms with Gasteiger partial charge in [0.1, 0.15) is 5.75 Å². The first-order valence-corrected chi connectivity index (χ1v) is 17.1. The molecule has 49 heavy (non-hydrogen) atoms. The van der Waals surface area contributed by atoms with Crippen LogP contribution in [0.25, 0.3) is 11.0 Å². The van der Waals surface area contributed by atoms with Gasteiger partial charge in [0, 0.05) is 56.5 Å². The number of halogens is 3. The van der Waals surface area contributed by atoms with Gasteiger partial charge in [0.05, 0.1) is 30.3 Å². The van der Waals surface area contributed by atoms with Gasteiger partial charge in [-0.2, -0.15) is 13.2 Å². The summed E-state index contributed by atoms with van der Waals surface area (Å²) in [5, 5.41) is 5.23. The Kier molecular flexibility index (Phi) is 10.6. The number of benzene rings is 3. The maximum atomic E-state index is 13.8. The summed E-state index contributed by atoms with van der Waals surface area (Å²) in [7, 11) is 1.42. The quantitative estimate of drug-likeness (QED) is 0.119. The number of anilines is 2. The second-order valence-electron chi connectivity index (χ2n) is 12.9. The standard InChI is InChI=1S/C37H45F3N6O3/c1-3-49-24-23-46-32-12-8-7-11-31(32)42-35(46)41-28-15-19-44(20-16-28)21-17-36(27-9-5-4-6-10-27)18-22-45(26-36)34(47)30-25-29(43-37(38,39)40)13-14-33(30)48-2/h4-14,25,28,43H,3,15-24,26H2,1-2H3,(H,41,42). The summed E-state index contributed by atoms with van der Waals surface area (Å²) in [6.07, 6.45) is -1.02. The minimum atomic E-state index is -4.61. The van der Waals surface area contributed by atoms with Gasteiger partial charge in [-0.1, -0.05) is 42.5 Å². The van der Waals surface area contributed by atoms with Crippen LogP contribution in [0.3, 0.4) is 0 Å². The fourth-order valence-electron chi connectivity index (χ4n) is 7.28. The van der Waals surface area contributed by atoms with E-state index in [0.29, 0.717) is 32.3 Å². The zero-order valence-corrected chi connectivity index (χ0v) is 28.1. The number of carbonyl (C=O) groups excluding carboxylic acids is 1. The van der Waals surface area contributed by atoms with E-state index in [0.717, 1.165) is 68.8 Å². The van der Waals surface area contributed by atoms with Crippen molar-refractivity contribution >= 4 is 28.6 Å². The summed E-state index contributed by atoms with van der Waals surface area (Å²) in [5.41, 5.74) is 2.88. The predicted octanol–water partition coefficient (Wildman–Crippen LogP) is 6.76. The number of carbonyl (C=O) groups is 1. The molecule has 3 heterocycles. The van der Waals surface area contributed by atoms with Gasteiger partial charge in [-0.25, -0.2) is 4.98 Å². The molecule has 0 bridgehead atoms. The molecule has 0 spiro atoms. The number of alkyl halides is 3. The van der Waals surface area contributed by atoms with Gasteiger partial charge >= 0.3 is 6.30 Å². The molecule has 1 atom stereocenters. The van der Waals surface area contributed by atoms with E-state index in [-0.39, 0.29) is 28.3 Å². The molecule has 2 N–H and O–H groups in total. The molecule has 1 amide bonds. The van der Waals surface area contributed by atoms with Crippen LogP contribution in [0.15, 0.2) is 72.8 Å². The van der Waals surface area contributed by atoms with Crippen LogP contribution < -0.4 is 15.4 Å². The summed E-state index contributed by atoms with van der Waals surface area (Å²) in [6, 6.07) is 22.7. The first-order valence-electron chi connectivity index (χ1n) is 17.1. The molecule has 4 aromatic rings. The van der Waals surface area contributed by atoms with E-state index < -0.39 is 6.30 Å². The number of rotatable bonds is 13. The van der Waals surface area contributed by atoms with E-state index >= 15 is 0 Å². The third-order valence-corrected chi connectivity index (χ3v) is 9.89. The van der Waals surface area contributed by atoms with Crippen molar-refractivity contribution in [3.8, 4) is 5.75 Å². The van der Waals surface area contributed by atoms with Gasteiger partial charge in [0.15, 0.2) is 0 Å². The van der Waals surface area contributed by atoms with Gasteiger partial charge in [-0.15, -0.1) is 0 Å². The highest BCUT2D eigenvalue weighted by atomic mass is 19.4. The predicted molar refractivity (Wildman–Crippen MR) is 185 cm³/mol. The number of nitrogens with zero attached hydrogens (tertiary/aromatic N) is 4. The van der Waals surface area contributed by atoms with E-state index in [1.807, 2.05) is 43.3 Å². The van der Waals surface area contributed by atoms with Gasteiger partial charge in [0.25, 0.3) is 5.91 Å². The average molecular weight is 679 g/mol. The SMILES string of the molecule is CCOCCn1c(NC2CCN(CCC3(c4ccccc4)CCN(C(=O)c4cc(NC(F)(F)F)ccc4OC)C3)CC2)nc2ccccc21. The van der Waals surface area contributed by atoms with Gasteiger partial charge in [-0.05, 0) is 75.0 Å². The number of methoxy groups -OCH3 is 1. The molecule has 2 fully saturated rings. The minimum Gasteiger partial charge on any atom is -0.496 e. The smallest absolute Gasteiger partial charge is 0.482 e. The molecular weight excluding hydrogens is 633 g/mol. The molecular formula is C37H45F3N6O3. The topological polar surface area (TPSA) is 83.9 Å². The van der Waals surface area contributed by atoms with Gasteiger partial charge in [-0.3, -0.25) is 10.1 Å². The van der Waals surface area contributed by atoms with Crippen molar-refractivity contribution in [2.75, 3.05) is 63.7 Å². The molecule has 0 saturated carbocycles. The van der Waals surface area contributed by atoms with E-state index in [4.69, 9.17) is 14.5 Å². The molecule has 2 aliphatic rings. The van der Waals surface area contributed by atoms with E-state index in [1.54, 1.807) is 4.90 Å². The minimum absolute atomic E-state index is 0.113. The first kappa shape index (κ1) is 34.6. The molecule has 1 unspecified atom stereocenters. The number of para-hydroxylation sites is 2. The van der Waals surface area contributed by atoms with Crippen molar-refractivity contribution in [3.05, 3.63) is 83.9 Å². The van der Waals surface area contributed by atoms with Crippen LogP contribution in [0, 0.1) is 0 Å². The molecule has 1 aromatic heterocycles. The Bertz CT molecular complexity index is 1710. The van der Waals surface area contributed by atoms with Crippen molar-refractivity contribution < 1.29 is 27.4 Å². The number of fused-ring (bicyclic) bond motifs is 1. The van der Waals surface area contributed by atoms with Crippen molar-refractivity contribution in [3.63, 3.8) is 0 Å². The fraction of sp³-hybridized carbons (Fsp3) is 0.459. The zero-order chi connectivity index (χ0) is 34.4. The van der Waals surface area contributed by atoms with E-state index in [1.165, 1.54) is 36.2 Å². The van der Waals surface area contributed by atoms with Crippen molar-refractivity contribution in [1.82, 2.24) is 19.4 Å². The normalized spacial score (nSPS) is 19.0. The number of hydrogen-bond acceptors (Lipinski definition) is 7. The number of nitrogens with one attached hydrogen (secondary N) is 2. The van der Waals surface area contributed by atoms with Crippen molar-refractivity contribution in [2.24, 2.45) is 0 Å². The van der Waals surface area contributed by atoms with Crippen LogP contribution in [0.4, 0.5) is 24.8 Å². The Morgan fingerprint density at radius 1 is 1.00 bits per heavy atom. The highest BCUT2D eigenvalue weighted by molar-refractivity contribution is 5.98. The first-order chi connectivity index (χ1) is 23.7. The maximum Gasteiger partial charge on any atom is 0.482 e. The molecule has 9 nitrogen and oxygen atoms in total. The van der Waals surface area contributed by atoms with Gasteiger partial charge < -0.3 is 29.2 Å². The number of imidazole rings is 1. The monoisotopic (exact) mass is 678 g/mol. The second-order valence-corrected chi connectivity index (χ2v) is 12.9. The molecule has 0 radical (unpaired) electrons. The number of ether oxygens (including phenoxy) is 2. The summed E-state index contributed by atoms with van der Waals surface area (Å²) in [4.78, 5) is 23.0. The Morgan fingerprint density at radius 2 is 1.76 bits per heavy atom. The van der Waals surface area contributed by atoms with E-state index in [2.05, 4.69) is 33.0 Å². The lowest BCUT2D eigenvalue weighted by Crippen LogP contribution is -2.42. The number of likely N-dealkylation sites (tertiary alicyclic amines) is 2. The van der Waals surface area contributed by atoms with Crippen molar-refractivity contribution in [1.29, 1.82) is 0 Å². The number of hydrogen-bond donors (Lipinski definition) is 2. The lowest BCUT2D eigenvalue weighted by molar-refractivity contribution is -0.0999. The largest absolute Gasteiger partial charge is 0.496 e.